The molecule has 7 nitrogen and oxygen atoms in total. The van der Waals surface area contributed by atoms with Crippen LogP contribution in [0.2, 0.25) is 0 Å². The molecule has 8 heteroatoms. The number of carbonyl (C=O) groups excluding carboxylic acids is 2. The maximum atomic E-state index is 12.6. The fourth-order valence-corrected chi connectivity index (χ4v) is 3.16. The Bertz CT molecular complexity index is 675. The van der Waals surface area contributed by atoms with Gasteiger partial charge in [-0.15, -0.1) is 0 Å². The van der Waals surface area contributed by atoms with E-state index in [0.717, 1.165) is 12.0 Å². The zero-order valence-electron chi connectivity index (χ0n) is 18.1. The molecule has 1 aliphatic heterocycles. The Hall–Kier alpha value is -1.41. The number of benzene rings is 1. The smallest absolute Gasteiger partial charge is 1.00 e. The number of carboxylic acid groups (broad SMARTS) is 1. The van der Waals surface area contributed by atoms with Gasteiger partial charge in [-0.2, -0.15) is 0 Å². The molecular formula is C20H30N3NaO4. The van der Waals surface area contributed by atoms with Crippen molar-refractivity contribution >= 4 is 17.8 Å². The summed E-state index contributed by atoms with van der Waals surface area (Å²) in [6.07, 6.45) is 1.21. The van der Waals surface area contributed by atoms with Gasteiger partial charge >= 0.3 is 35.5 Å². The van der Waals surface area contributed by atoms with Gasteiger partial charge in [0.05, 0.1) is 0 Å². The Labute approximate surface area is 190 Å². The van der Waals surface area contributed by atoms with Gasteiger partial charge in [0.25, 0.3) is 0 Å². The second-order valence-corrected chi connectivity index (χ2v) is 7.28. The largest absolute Gasteiger partial charge is 1.00 e. The quantitative estimate of drug-likeness (QED) is 0.317. The molecule has 0 radical (unpaired) electrons. The molecule has 1 aromatic carbocycles. The van der Waals surface area contributed by atoms with Crippen molar-refractivity contribution in [1.29, 1.82) is 0 Å². The second kappa shape index (κ2) is 11.6. The van der Waals surface area contributed by atoms with Crippen molar-refractivity contribution in [2.75, 3.05) is 13.1 Å². The van der Waals surface area contributed by atoms with E-state index in [4.69, 9.17) is 0 Å². The van der Waals surface area contributed by atoms with E-state index in [-0.39, 0.29) is 36.9 Å². The normalized spacial score (nSPS) is 21.4. The summed E-state index contributed by atoms with van der Waals surface area (Å²) in [7, 11) is 0. The van der Waals surface area contributed by atoms with Gasteiger partial charge < -0.3 is 17.2 Å². The molecule has 1 saturated heterocycles. The SMILES string of the molecule is CCN1[C@H](C(=O)O)[C@H]1C(=O)N[C@@H](Cc1ccccc1)C(=O)NCCC(C)C.[H-].[Na+]. The topological polar surface area (TPSA) is 98.5 Å². The summed E-state index contributed by atoms with van der Waals surface area (Å²) in [6.45, 7) is 6.98. The average molecular weight is 399 g/mol. The minimum absolute atomic E-state index is 0. The molecule has 0 saturated carbocycles. The number of carboxylic acids is 1. The summed E-state index contributed by atoms with van der Waals surface area (Å²) >= 11 is 0. The van der Waals surface area contributed by atoms with E-state index in [1.165, 1.54) is 0 Å². The summed E-state index contributed by atoms with van der Waals surface area (Å²) in [5.74, 6) is -1.21. The predicted molar refractivity (Wildman–Crippen MR) is 103 cm³/mol. The van der Waals surface area contributed by atoms with Gasteiger partial charge in [-0.1, -0.05) is 51.1 Å². The number of nitrogens with one attached hydrogen (secondary N) is 2. The van der Waals surface area contributed by atoms with Crippen LogP contribution in [0.3, 0.4) is 0 Å². The Balaban J connectivity index is 0.00000392. The van der Waals surface area contributed by atoms with E-state index in [2.05, 4.69) is 24.5 Å². The molecule has 0 aliphatic carbocycles. The fraction of sp³-hybridized carbons (Fsp3) is 0.550. The van der Waals surface area contributed by atoms with Crippen molar-refractivity contribution in [3.05, 3.63) is 35.9 Å². The van der Waals surface area contributed by atoms with E-state index < -0.39 is 30.0 Å². The third kappa shape index (κ3) is 6.88. The first kappa shape index (κ1) is 24.6. The van der Waals surface area contributed by atoms with Gasteiger partial charge in [-0.3, -0.25) is 19.3 Å². The molecule has 1 unspecified atom stereocenters. The van der Waals surface area contributed by atoms with Crippen molar-refractivity contribution in [2.45, 2.75) is 51.7 Å². The number of nitrogens with zero attached hydrogens (tertiary/aromatic N) is 1. The van der Waals surface area contributed by atoms with Gasteiger partial charge in [-0.05, 0) is 24.4 Å². The number of likely N-dealkylation sites (N-methyl/N-ethyl adjacent to an activating group) is 1. The van der Waals surface area contributed by atoms with Gasteiger partial charge in [-0.25, -0.2) is 0 Å². The van der Waals surface area contributed by atoms with Gasteiger partial charge in [0.1, 0.15) is 18.1 Å². The summed E-state index contributed by atoms with van der Waals surface area (Å²) in [6, 6.07) is 7.19. The van der Waals surface area contributed by atoms with Gasteiger partial charge in [0.15, 0.2) is 0 Å². The molecule has 3 N–H and O–H groups in total. The molecule has 150 valence electrons. The van der Waals surface area contributed by atoms with Crippen LogP contribution in [0, 0.1) is 5.92 Å². The van der Waals surface area contributed by atoms with Crippen LogP contribution < -0.4 is 40.2 Å². The molecular weight excluding hydrogens is 369 g/mol. The molecule has 0 bridgehead atoms. The van der Waals surface area contributed by atoms with Crippen molar-refractivity contribution in [2.24, 2.45) is 5.92 Å². The van der Waals surface area contributed by atoms with Gasteiger partial charge in [0, 0.05) is 13.0 Å². The minimum atomic E-state index is -1.02. The number of rotatable bonds is 10. The molecule has 4 atom stereocenters. The summed E-state index contributed by atoms with van der Waals surface area (Å²) < 4.78 is 0. The maximum Gasteiger partial charge on any atom is 1.00 e. The zero-order chi connectivity index (χ0) is 20.0. The Kier molecular flexibility index (Phi) is 10.2. The third-order valence-electron chi connectivity index (χ3n) is 4.75. The Morgan fingerprint density at radius 2 is 1.82 bits per heavy atom. The summed E-state index contributed by atoms with van der Waals surface area (Å²) in [5.41, 5.74) is 0.930. The number of carbonyl (C=O) groups is 3. The van der Waals surface area contributed by atoms with Crippen molar-refractivity contribution in [3.63, 3.8) is 0 Å². The standard InChI is InChI=1S/C20H29N3O4.Na.H/c1-4-23-16(17(23)20(26)27)19(25)22-15(12-14-8-6-5-7-9-14)18(24)21-11-10-13(2)3;;/h5-9,13,15-17H,4,10-12H2,1-3H3,(H,21,24)(H,22,25)(H,26,27);;/q;+1;-1/t15-,16-,17-,23?;;/m0../s1. The Morgan fingerprint density at radius 1 is 1.18 bits per heavy atom. The third-order valence-corrected chi connectivity index (χ3v) is 4.75. The molecule has 0 spiro atoms. The number of hydrogen-bond donors (Lipinski definition) is 3. The number of aliphatic carboxylic acids is 1. The summed E-state index contributed by atoms with van der Waals surface area (Å²) in [5, 5.41) is 14.9. The molecule has 1 aliphatic rings. The minimum Gasteiger partial charge on any atom is -1.00 e. The van der Waals surface area contributed by atoms with E-state index in [1.807, 2.05) is 37.3 Å². The van der Waals surface area contributed by atoms with Crippen LogP contribution >= 0.6 is 0 Å². The summed E-state index contributed by atoms with van der Waals surface area (Å²) in [4.78, 5) is 38.1. The van der Waals surface area contributed by atoms with Crippen molar-refractivity contribution < 1.29 is 50.5 Å². The fourth-order valence-electron chi connectivity index (χ4n) is 3.16. The van der Waals surface area contributed by atoms with Gasteiger partial charge in [0.2, 0.25) is 11.8 Å². The number of amides is 2. The molecule has 1 heterocycles. The molecule has 1 aromatic rings. The van der Waals surface area contributed by atoms with E-state index in [9.17, 15) is 19.5 Å². The van der Waals surface area contributed by atoms with Crippen LogP contribution in [0.4, 0.5) is 0 Å². The maximum absolute atomic E-state index is 12.6. The van der Waals surface area contributed by atoms with Crippen molar-refractivity contribution in [1.82, 2.24) is 15.5 Å². The van der Waals surface area contributed by atoms with Crippen LogP contribution in [0.5, 0.6) is 0 Å². The first-order valence-corrected chi connectivity index (χ1v) is 9.45. The molecule has 2 amide bonds. The molecule has 0 aromatic heterocycles. The number of hydrogen-bond acceptors (Lipinski definition) is 4. The molecule has 1 fully saturated rings. The zero-order valence-corrected chi connectivity index (χ0v) is 19.1. The monoisotopic (exact) mass is 399 g/mol. The van der Waals surface area contributed by atoms with Crippen LogP contribution in [-0.2, 0) is 20.8 Å². The van der Waals surface area contributed by atoms with Crippen LogP contribution in [0.25, 0.3) is 0 Å². The first-order chi connectivity index (χ1) is 12.8. The van der Waals surface area contributed by atoms with Crippen LogP contribution in [0.15, 0.2) is 30.3 Å². The van der Waals surface area contributed by atoms with Crippen LogP contribution in [0.1, 0.15) is 34.2 Å². The average Bonchev–Trinajstić information content (AvgIpc) is 3.36. The van der Waals surface area contributed by atoms with E-state index in [1.54, 1.807) is 4.90 Å². The first-order valence-electron chi connectivity index (χ1n) is 9.45. The van der Waals surface area contributed by atoms with E-state index in [0.29, 0.717) is 25.4 Å². The van der Waals surface area contributed by atoms with Crippen molar-refractivity contribution in [3.8, 4) is 0 Å². The van der Waals surface area contributed by atoms with Crippen LogP contribution in [-0.4, -0.2) is 59.0 Å². The predicted octanol–water partition coefficient (Wildman–Crippen LogP) is -1.85. The molecule has 28 heavy (non-hydrogen) atoms. The molecule has 2 rings (SSSR count). The Morgan fingerprint density at radius 3 is 2.32 bits per heavy atom. The second-order valence-electron chi connectivity index (χ2n) is 7.28. The van der Waals surface area contributed by atoms with E-state index >= 15 is 0 Å².